The van der Waals surface area contributed by atoms with Crippen LogP contribution in [0.5, 0.6) is 0 Å². The Morgan fingerprint density at radius 2 is 1.88 bits per heavy atom. The number of aromatic nitrogens is 4. The summed E-state index contributed by atoms with van der Waals surface area (Å²) < 4.78 is 1.92. The lowest BCUT2D eigenvalue weighted by Crippen LogP contribution is -2.49. The van der Waals surface area contributed by atoms with Crippen LogP contribution in [0.15, 0.2) is 42.9 Å². The maximum atomic E-state index is 12.6. The minimum Gasteiger partial charge on any atom is -0.339 e. The SMILES string of the molecule is Cc1ccc2c(cnn2CCC(=O)N2CCN(c3ncccn3)CC2)c1. The molecule has 4 rings (SSSR count). The summed E-state index contributed by atoms with van der Waals surface area (Å²) in [5, 5.41) is 5.55. The molecule has 1 amide bonds. The number of benzene rings is 1. The third-order valence-electron chi connectivity index (χ3n) is 4.80. The van der Waals surface area contributed by atoms with Gasteiger partial charge in [0.25, 0.3) is 0 Å². The first-order valence-electron chi connectivity index (χ1n) is 8.92. The molecular formula is C19H22N6O. The maximum absolute atomic E-state index is 12.6. The summed E-state index contributed by atoms with van der Waals surface area (Å²) in [5.41, 5.74) is 2.29. The zero-order valence-corrected chi connectivity index (χ0v) is 14.9. The van der Waals surface area contributed by atoms with Crippen LogP contribution in [-0.2, 0) is 11.3 Å². The van der Waals surface area contributed by atoms with E-state index in [9.17, 15) is 4.79 Å². The molecule has 26 heavy (non-hydrogen) atoms. The third-order valence-corrected chi connectivity index (χ3v) is 4.80. The van der Waals surface area contributed by atoms with Crippen molar-refractivity contribution in [2.45, 2.75) is 19.9 Å². The van der Waals surface area contributed by atoms with Crippen LogP contribution in [0.4, 0.5) is 5.95 Å². The van der Waals surface area contributed by atoms with E-state index in [0.29, 0.717) is 26.1 Å². The van der Waals surface area contributed by atoms with Gasteiger partial charge in [0, 0.05) is 50.4 Å². The van der Waals surface area contributed by atoms with Crippen molar-refractivity contribution in [1.29, 1.82) is 0 Å². The van der Waals surface area contributed by atoms with Crippen LogP contribution in [-0.4, -0.2) is 56.7 Å². The molecule has 0 saturated carbocycles. The van der Waals surface area contributed by atoms with Crippen LogP contribution in [0.3, 0.4) is 0 Å². The number of aryl methyl sites for hydroxylation is 2. The second kappa shape index (κ2) is 7.11. The van der Waals surface area contributed by atoms with Gasteiger partial charge in [-0.1, -0.05) is 11.6 Å². The Hall–Kier alpha value is -2.96. The zero-order chi connectivity index (χ0) is 17.9. The zero-order valence-electron chi connectivity index (χ0n) is 14.9. The fourth-order valence-corrected chi connectivity index (χ4v) is 3.35. The number of nitrogens with zero attached hydrogens (tertiary/aromatic N) is 6. The summed E-state index contributed by atoms with van der Waals surface area (Å²) in [4.78, 5) is 25.2. The first-order chi connectivity index (χ1) is 12.7. The van der Waals surface area contributed by atoms with Gasteiger partial charge in [-0.05, 0) is 25.1 Å². The molecule has 0 N–H and O–H groups in total. The first-order valence-corrected chi connectivity index (χ1v) is 8.92. The predicted molar refractivity (Wildman–Crippen MR) is 99.9 cm³/mol. The molecule has 1 aliphatic rings. The smallest absolute Gasteiger partial charge is 0.225 e. The summed E-state index contributed by atoms with van der Waals surface area (Å²) in [6.45, 7) is 5.61. The second-order valence-corrected chi connectivity index (χ2v) is 6.60. The molecule has 0 bridgehead atoms. The summed E-state index contributed by atoms with van der Waals surface area (Å²) in [5.74, 6) is 0.910. The molecule has 0 aliphatic carbocycles. The molecule has 3 heterocycles. The number of hydrogen-bond donors (Lipinski definition) is 0. The van der Waals surface area contributed by atoms with E-state index in [0.717, 1.165) is 29.9 Å². The van der Waals surface area contributed by atoms with Gasteiger partial charge in [0.1, 0.15) is 0 Å². The molecule has 0 radical (unpaired) electrons. The van der Waals surface area contributed by atoms with Gasteiger partial charge in [-0.2, -0.15) is 5.10 Å². The molecule has 1 saturated heterocycles. The van der Waals surface area contributed by atoms with Crippen molar-refractivity contribution in [2.75, 3.05) is 31.1 Å². The van der Waals surface area contributed by atoms with Gasteiger partial charge in [-0.15, -0.1) is 0 Å². The molecule has 7 nitrogen and oxygen atoms in total. The summed E-state index contributed by atoms with van der Waals surface area (Å²) in [7, 11) is 0. The van der Waals surface area contributed by atoms with Crippen molar-refractivity contribution >= 4 is 22.8 Å². The average molecular weight is 350 g/mol. The fourth-order valence-electron chi connectivity index (χ4n) is 3.35. The Labute approximate surface area is 152 Å². The largest absolute Gasteiger partial charge is 0.339 e. The highest BCUT2D eigenvalue weighted by molar-refractivity contribution is 5.80. The lowest BCUT2D eigenvalue weighted by atomic mass is 10.2. The van der Waals surface area contributed by atoms with Crippen molar-refractivity contribution < 1.29 is 4.79 Å². The van der Waals surface area contributed by atoms with E-state index in [-0.39, 0.29) is 5.91 Å². The number of fused-ring (bicyclic) bond motifs is 1. The van der Waals surface area contributed by atoms with E-state index in [4.69, 9.17) is 0 Å². The Morgan fingerprint density at radius 1 is 1.12 bits per heavy atom. The van der Waals surface area contributed by atoms with Crippen LogP contribution in [0.2, 0.25) is 0 Å². The maximum Gasteiger partial charge on any atom is 0.225 e. The number of anilines is 1. The van der Waals surface area contributed by atoms with E-state index >= 15 is 0 Å². The molecule has 1 aliphatic heterocycles. The van der Waals surface area contributed by atoms with Crippen molar-refractivity contribution in [3.05, 3.63) is 48.4 Å². The first kappa shape index (κ1) is 16.5. The summed E-state index contributed by atoms with van der Waals surface area (Å²) in [6, 6.07) is 8.07. The van der Waals surface area contributed by atoms with Gasteiger partial charge in [0.2, 0.25) is 11.9 Å². The van der Waals surface area contributed by atoms with Crippen molar-refractivity contribution in [2.24, 2.45) is 0 Å². The van der Waals surface area contributed by atoms with Gasteiger partial charge in [0.15, 0.2) is 0 Å². The minimum atomic E-state index is 0.175. The van der Waals surface area contributed by atoms with Gasteiger partial charge in [-0.25, -0.2) is 9.97 Å². The van der Waals surface area contributed by atoms with Crippen LogP contribution in [0.25, 0.3) is 10.9 Å². The van der Waals surface area contributed by atoms with Crippen molar-refractivity contribution in [3.8, 4) is 0 Å². The fraction of sp³-hybridized carbons (Fsp3) is 0.368. The van der Waals surface area contributed by atoms with Crippen LogP contribution >= 0.6 is 0 Å². The van der Waals surface area contributed by atoms with Crippen molar-refractivity contribution in [3.63, 3.8) is 0 Å². The lowest BCUT2D eigenvalue weighted by Gasteiger charge is -2.34. The topological polar surface area (TPSA) is 67.2 Å². The standard InChI is InChI=1S/C19H22N6O/c1-15-3-4-17-16(13-15)14-22-25(17)8-5-18(26)23-9-11-24(12-10-23)19-20-6-2-7-21-19/h2-4,6-7,13-14H,5,8-12H2,1H3. The number of hydrogen-bond acceptors (Lipinski definition) is 5. The highest BCUT2D eigenvalue weighted by Gasteiger charge is 2.22. The van der Waals surface area contributed by atoms with E-state index in [1.54, 1.807) is 12.4 Å². The molecule has 0 unspecified atom stereocenters. The lowest BCUT2D eigenvalue weighted by molar-refractivity contribution is -0.131. The van der Waals surface area contributed by atoms with E-state index in [1.165, 1.54) is 5.56 Å². The number of rotatable bonds is 4. The molecule has 2 aromatic heterocycles. The Balaban J connectivity index is 1.33. The normalized spacial score (nSPS) is 14.8. The van der Waals surface area contributed by atoms with Crippen LogP contribution in [0, 0.1) is 6.92 Å². The van der Waals surface area contributed by atoms with Crippen LogP contribution < -0.4 is 4.90 Å². The highest BCUT2D eigenvalue weighted by Crippen LogP contribution is 2.16. The van der Waals surface area contributed by atoms with Gasteiger partial charge < -0.3 is 9.80 Å². The molecule has 3 aromatic rings. The number of piperazine rings is 1. The number of carbonyl (C=O) groups excluding carboxylic acids is 1. The Bertz CT molecular complexity index is 899. The minimum absolute atomic E-state index is 0.175. The molecule has 0 atom stereocenters. The van der Waals surface area contributed by atoms with Crippen LogP contribution in [0.1, 0.15) is 12.0 Å². The Kier molecular flexibility index (Phi) is 4.51. The molecule has 0 spiro atoms. The average Bonchev–Trinajstić information content (AvgIpc) is 3.09. The molecule has 1 aromatic carbocycles. The van der Waals surface area contributed by atoms with E-state index in [1.807, 2.05) is 21.8 Å². The second-order valence-electron chi connectivity index (χ2n) is 6.60. The molecular weight excluding hydrogens is 328 g/mol. The highest BCUT2D eigenvalue weighted by atomic mass is 16.2. The number of amides is 1. The monoisotopic (exact) mass is 350 g/mol. The molecule has 134 valence electrons. The van der Waals surface area contributed by atoms with E-state index < -0.39 is 0 Å². The van der Waals surface area contributed by atoms with Crippen molar-refractivity contribution in [1.82, 2.24) is 24.6 Å². The quantitative estimate of drug-likeness (QED) is 0.719. The predicted octanol–water partition coefficient (Wildman–Crippen LogP) is 1.87. The van der Waals surface area contributed by atoms with Gasteiger partial charge in [-0.3, -0.25) is 9.48 Å². The van der Waals surface area contributed by atoms with E-state index in [2.05, 4.69) is 45.1 Å². The number of carbonyl (C=O) groups is 1. The summed E-state index contributed by atoms with van der Waals surface area (Å²) >= 11 is 0. The Morgan fingerprint density at radius 3 is 2.65 bits per heavy atom. The molecule has 7 heteroatoms. The summed E-state index contributed by atoms with van der Waals surface area (Å²) in [6.07, 6.45) is 5.82. The van der Waals surface area contributed by atoms with Gasteiger partial charge in [0.05, 0.1) is 18.3 Å². The van der Waals surface area contributed by atoms with Gasteiger partial charge >= 0.3 is 0 Å². The molecule has 1 fully saturated rings. The third kappa shape index (κ3) is 3.37.